The Morgan fingerprint density at radius 1 is 1.20 bits per heavy atom. The molecule has 0 saturated heterocycles. The highest BCUT2D eigenvalue weighted by molar-refractivity contribution is 6.41. The first kappa shape index (κ1) is 21.1. The summed E-state index contributed by atoms with van der Waals surface area (Å²) in [6, 6.07) is 2.91. The maximum Gasteiger partial charge on any atom is 0.341 e. The second-order valence-corrected chi connectivity index (χ2v) is 5.80. The minimum absolute atomic E-state index is 0.0121. The summed E-state index contributed by atoms with van der Waals surface area (Å²) in [5.41, 5.74) is 0.173. The first-order chi connectivity index (χ1) is 11.8. The number of carbonyl (C=O) groups is 3. The average Bonchev–Trinajstić information content (AvgIpc) is 2.55. The van der Waals surface area contributed by atoms with Crippen molar-refractivity contribution in [2.75, 3.05) is 13.2 Å². The Morgan fingerprint density at radius 3 is 2.44 bits per heavy atom. The lowest BCUT2D eigenvalue weighted by Crippen LogP contribution is -2.25. The van der Waals surface area contributed by atoms with Gasteiger partial charge in [0, 0.05) is 6.21 Å². The molecule has 0 N–H and O–H groups in total. The van der Waals surface area contributed by atoms with Gasteiger partial charge in [0.15, 0.2) is 5.92 Å². The lowest BCUT2D eigenvalue weighted by Gasteiger charge is -2.10. The van der Waals surface area contributed by atoms with E-state index in [1.807, 2.05) is 6.92 Å². The maximum absolute atomic E-state index is 12.1. The molecule has 1 aromatic rings. The van der Waals surface area contributed by atoms with Gasteiger partial charge in [-0.1, -0.05) is 30.1 Å². The van der Waals surface area contributed by atoms with Crippen LogP contribution >= 0.6 is 23.2 Å². The van der Waals surface area contributed by atoms with Crippen LogP contribution in [0.5, 0.6) is 0 Å². The second-order valence-electron chi connectivity index (χ2n) is 5.01. The summed E-state index contributed by atoms with van der Waals surface area (Å²) in [7, 11) is 0. The highest BCUT2D eigenvalue weighted by Gasteiger charge is 2.23. The molecular weight excluding hydrogens is 369 g/mol. The smallest absolute Gasteiger partial charge is 0.341 e. The van der Waals surface area contributed by atoms with Crippen LogP contribution in [0.2, 0.25) is 10.0 Å². The summed E-state index contributed by atoms with van der Waals surface area (Å²) in [5.74, 6) is -2.94. The fourth-order valence-corrected chi connectivity index (χ4v) is 2.39. The van der Waals surface area contributed by atoms with Crippen molar-refractivity contribution in [3.8, 4) is 0 Å². The molecular formula is C17H19Cl2NO5. The van der Waals surface area contributed by atoms with Crippen LogP contribution in [0, 0.1) is 5.92 Å². The fraction of sp³-hybridized carbons (Fsp3) is 0.412. The molecule has 1 unspecified atom stereocenters. The van der Waals surface area contributed by atoms with E-state index in [-0.39, 0.29) is 34.5 Å². The van der Waals surface area contributed by atoms with Crippen LogP contribution in [0.3, 0.4) is 0 Å². The van der Waals surface area contributed by atoms with E-state index in [1.165, 1.54) is 19.1 Å². The molecule has 0 aromatic heterocycles. The predicted octanol–water partition coefficient (Wildman–Crippen LogP) is 4.03. The van der Waals surface area contributed by atoms with Crippen LogP contribution < -0.4 is 0 Å². The van der Waals surface area contributed by atoms with Crippen molar-refractivity contribution in [1.82, 2.24) is 0 Å². The third-order valence-corrected chi connectivity index (χ3v) is 3.75. The SMILES string of the molecule is CCCOC(=O)c1c(Cl)ccc(N=CC(C(C)=O)C(=O)OCC)c1Cl. The summed E-state index contributed by atoms with van der Waals surface area (Å²) < 4.78 is 9.87. The maximum atomic E-state index is 12.1. The zero-order chi connectivity index (χ0) is 19.0. The van der Waals surface area contributed by atoms with E-state index in [4.69, 9.17) is 32.7 Å². The van der Waals surface area contributed by atoms with Crippen LogP contribution in [0.4, 0.5) is 5.69 Å². The molecule has 8 heteroatoms. The Balaban J connectivity index is 3.15. The van der Waals surface area contributed by atoms with Crippen LogP contribution in [0.15, 0.2) is 17.1 Å². The van der Waals surface area contributed by atoms with Gasteiger partial charge in [0.05, 0.1) is 34.5 Å². The second kappa shape index (κ2) is 10.2. The molecule has 25 heavy (non-hydrogen) atoms. The molecule has 6 nitrogen and oxygen atoms in total. The van der Waals surface area contributed by atoms with E-state index < -0.39 is 23.6 Å². The minimum atomic E-state index is -1.15. The quantitative estimate of drug-likeness (QED) is 0.382. The highest BCUT2D eigenvalue weighted by Crippen LogP contribution is 2.34. The molecule has 0 aliphatic rings. The Morgan fingerprint density at radius 2 is 1.88 bits per heavy atom. The van der Waals surface area contributed by atoms with Gasteiger partial charge in [-0.3, -0.25) is 14.6 Å². The highest BCUT2D eigenvalue weighted by atomic mass is 35.5. The number of benzene rings is 1. The number of rotatable bonds is 8. The van der Waals surface area contributed by atoms with E-state index in [0.717, 1.165) is 6.21 Å². The van der Waals surface area contributed by atoms with E-state index in [2.05, 4.69) is 4.99 Å². The number of hydrogen-bond donors (Lipinski definition) is 0. The lowest BCUT2D eigenvalue weighted by atomic mass is 10.1. The van der Waals surface area contributed by atoms with E-state index in [0.29, 0.717) is 6.42 Å². The molecule has 0 aliphatic heterocycles. The Labute approximate surface area is 156 Å². The number of ether oxygens (including phenoxy) is 2. The molecule has 1 rings (SSSR count). The van der Waals surface area contributed by atoms with Crippen molar-refractivity contribution in [2.24, 2.45) is 10.9 Å². The van der Waals surface area contributed by atoms with Crippen LogP contribution in [0.25, 0.3) is 0 Å². The summed E-state index contributed by atoms with van der Waals surface area (Å²) in [6.45, 7) is 5.12. The molecule has 0 heterocycles. The van der Waals surface area contributed by atoms with Crippen LogP contribution in [0.1, 0.15) is 37.6 Å². The summed E-state index contributed by atoms with van der Waals surface area (Å²) in [4.78, 5) is 39.5. The molecule has 0 radical (unpaired) electrons. The van der Waals surface area contributed by atoms with Gasteiger partial charge in [0.25, 0.3) is 0 Å². The standard InChI is InChI=1S/C17H19Cl2NO5/c1-4-8-25-17(23)14-12(18)6-7-13(15(14)19)20-9-11(10(3)21)16(22)24-5-2/h6-7,9,11H,4-5,8H2,1-3H3. The van der Waals surface area contributed by atoms with Crippen molar-refractivity contribution in [2.45, 2.75) is 27.2 Å². The zero-order valence-corrected chi connectivity index (χ0v) is 15.7. The molecule has 136 valence electrons. The predicted molar refractivity (Wildman–Crippen MR) is 96.0 cm³/mol. The minimum Gasteiger partial charge on any atom is -0.465 e. The van der Waals surface area contributed by atoms with Gasteiger partial charge in [0.1, 0.15) is 5.78 Å². The first-order valence-electron chi connectivity index (χ1n) is 7.69. The first-order valence-corrected chi connectivity index (χ1v) is 8.45. The number of Topliss-reactive ketones (excluding diaryl/α,β-unsaturated/α-hetero) is 1. The number of halogens is 2. The van der Waals surface area contributed by atoms with Gasteiger partial charge in [-0.05, 0) is 32.4 Å². The summed E-state index contributed by atoms with van der Waals surface area (Å²) >= 11 is 12.2. The van der Waals surface area contributed by atoms with E-state index in [1.54, 1.807) is 6.92 Å². The van der Waals surface area contributed by atoms with Crippen molar-refractivity contribution in [3.05, 3.63) is 27.7 Å². The van der Waals surface area contributed by atoms with Gasteiger partial charge in [-0.2, -0.15) is 0 Å². The van der Waals surface area contributed by atoms with E-state index >= 15 is 0 Å². The number of aliphatic imine (C=N–C) groups is 1. The number of nitrogens with zero attached hydrogens (tertiary/aromatic N) is 1. The van der Waals surface area contributed by atoms with Crippen LogP contribution in [-0.2, 0) is 19.1 Å². The van der Waals surface area contributed by atoms with Gasteiger partial charge >= 0.3 is 11.9 Å². The molecule has 0 bridgehead atoms. The molecule has 0 aliphatic carbocycles. The molecule has 0 spiro atoms. The monoisotopic (exact) mass is 387 g/mol. The third kappa shape index (κ3) is 5.83. The summed E-state index contributed by atoms with van der Waals surface area (Å²) in [5, 5.41) is 0.106. The molecule has 0 saturated carbocycles. The van der Waals surface area contributed by atoms with E-state index in [9.17, 15) is 14.4 Å². The van der Waals surface area contributed by atoms with Crippen molar-refractivity contribution in [3.63, 3.8) is 0 Å². The van der Waals surface area contributed by atoms with Crippen LogP contribution in [-0.4, -0.2) is 37.2 Å². The number of hydrogen-bond acceptors (Lipinski definition) is 6. The van der Waals surface area contributed by atoms with Gasteiger partial charge in [-0.25, -0.2) is 4.79 Å². The fourth-order valence-electron chi connectivity index (χ4n) is 1.81. The Bertz CT molecular complexity index is 688. The van der Waals surface area contributed by atoms with Crippen molar-refractivity contribution in [1.29, 1.82) is 0 Å². The van der Waals surface area contributed by atoms with Crippen molar-refractivity contribution >= 4 is 52.8 Å². The number of esters is 2. The topological polar surface area (TPSA) is 82.0 Å². The Kier molecular flexibility index (Phi) is 8.58. The van der Waals surface area contributed by atoms with Gasteiger partial charge < -0.3 is 9.47 Å². The normalized spacial score (nSPS) is 12.0. The van der Waals surface area contributed by atoms with Gasteiger partial charge in [0.2, 0.25) is 0 Å². The number of ketones is 1. The third-order valence-electron chi connectivity index (χ3n) is 3.05. The zero-order valence-electron chi connectivity index (χ0n) is 14.2. The largest absolute Gasteiger partial charge is 0.465 e. The molecule has 1 aromatic carbocycles. The van der Waals surface area contributed by atoms with Gasteiger partial charge in [-0.15, -0.1) is 0 Å². The average molecular weight is 388 g/mol. The summed E-state index contributed by atoms with van der Waals surface area (Å²) in [6.07, 6.45) is 1.79. The molecule has 0 fully saturated rings. The molecule has 1 atom stereocenters. The number of carbonyl (C=O) groups excluding carboxylic acids is 3. The van der Waals surface area contributed by atoms with Crippen molar-refractivity contribution < 1.29 is 23.9 Å². The molecule has 0 amide bonds. The Hall–Kier alpha value is -1.92. The lowest BCUT2D eigenvalue weighted by molar-refractivity contribution is -0.148.